The summed E-state index contributed by atoms with van der Waals surface area (Å²) in [6.45, 7) is 5.50. The van der Waals surface area contributed by atoms with Crippen LogP contribution in [0.5, 0.6) is 5.75 Å². The first-order chi connectivity index (χ1) is 8.16. The molecule has 0 aliphatic heterocycles. The van der Waals surface area contributed by atoms with Gasteiger partial charge >= 0.3 is 0 Å². The molecule has 0 amide bonds. The molecule has 0 radical (unpaired) electrons. The second-order valence-corrected chi connectivity index (χ2v) is 4.84. The lowest BCUT2D eigenvalue weighted by atomic mass is 10.2. The van der Waals surface area contributed by atoms with Gasteiger partial charge in [-0.1, -0.05) is 22.0 Å². The lowest BCUT2D eigenvalue weighted by Crippen LogP contribution is -2.09. The SMILES string of the molecule is Cc1ccc(Br)cc1OCCn1ccnc1C. The van der Waals surface area contributed by atoms with Crippen LogP contribution in [0.4, 0.5) is 0 Å². The topological polar surface area (TPSA) is 27.1 Å². The van der Waals surface area contributed by atoms with Gasteiger partial charge in [0.1, 0.15) is 18.2 Å². The van der Waals surface area contributed by atoms with E-state index in [-0.39, 0.29) is 0 Å². The Morgan fingerprint density at radius 2 is 2.18 bits per heavy atom. The van der Waals surface area contributed by atoms with Gasteiger partial charge in [-0.25, -0.2) is 4.98 Å². The number of ether oxygens (including phenoxy) is 1. The van der Waals surface area contributed by atoms with E-state index >= 15 is 0 Å². The summed E-state index contributed by atoms with van der Waals surface area (Å²) in [4.78, 5) is 4.17. The van der Waals surface area contributed by atoms with Crippen LogP contribution in [0, 0.1) is 13.8 Å². The van der Waals surface area contributed by atoms with Crippen molar-refractivity contribution in [1.82, 2.24) is 9.55 Å². The predicted octanol–water partition coefficient (Wildman–Crippen LogP) is 3.34. The van der Waals surface area contributed by atoms with E-state index in [1.54, 1.807) is 6.20 Å². The van der Waals surface area contributed by atoms with Crippen LogP contribution >= 0.6 is 15.9 Å². The van der Waals surface area contributed by atoms with Gasteiger partial charge in [0.25, 0.3) is 0 Å². The molecular formula is C13H15BrN2O. The van der Waals surface area contributed by atoms with E-state index in [2.05, 4.69) is 25.5 Å². The molecule has 0 atom stereocenters. The normalized spacial score (nSPS) is 10.5. The highest BCUT2D eigenvalue weighted by molar-refractivity contribution is 9.10. The van der Waals surface area contributed by atoms with Crippen LogP contribution < -0.4 is 4.74 Å². The van der Waals surface area contributed by atoms with E-state index in [1.165, 1.54) is 0 Å². The van der Waals surface area contributed by atoms with Gasteiger partial charge in [0.05, 0.1) is 6.54 Å². The number of aromatic nitrogens is 2. The molecule has 0 saturated heterocycles. The van der Waals surface area contributed by atoms with E-state index in [1.807, 2.05) is 38.2 Å². The molecular weight excluding hydrogens is 280 g/mol. The number of aryl methyl sites for hydroxylation is 2. The molecule has 0 bridgehead atoms. The monoisotopic (exact) mass is 294 g/mol. The zero-order chi connectivity index (χ0) is 12.3. The smallest absolute Gasteiger partial charge is 0.123 e. The Morgan fingerprint density at radius 1 is 1.35 bits per heavy atom. The Bertz CT molecular complexity index is 508. The van der Waals surface area contributed by atoms with Gasteiger partial charge in [-0.3, -0.25) is 0 Å². The van der Waals surface area contributed by atoms with Crippen LogP contribution in [0.25, 0.3) is 0 Å². The summed E-state index contributed by atoms with van der Waals surface area (Å²) in [6.07, 6.45) is 3.77. The first kappa shape index (κ1) is 12.2. The van der Waals surface area contributed by atoms with Crippen molar-refractivity contribution in [3.8, 4) is 5.75 Å². The molecule has 90 valence electrons. The molecule has 1 heterocycles. The molecule has 0 saturated carbocycles. The van der Waals surface area contributed by atoms with Gasteiger partial charge < -0.3 is 9.30 Å². The third-order valence-corrected chi connectivity index (χ3v) is 3.16. The molecule has 0 unspecified atom stereocenters. The largest absolute Gasteiger partial charge is 0.491 e. The van der Waals surface area contributed by atoms with Crippen LogP contribution in [0.3, 0.4) is 0 Å². The summed E-state index contributed by atoms with van der Waals surface area (Å²) < 4.78 is 8.88. The molecule has 3 nitrogen and oxygen atoms in total. The molecule has 0 aliphatic carbocycles. The number of nitrogens with zero attached hydrogens (tertiary/aromatic N) is 2. The van der Waals surface area contributed by atoms with E-state index in [9.17, 15) is 0 Å². The van der Waals surface area contributed by atoms with Gasteiger partial charge in [0.15, 0.2) is 0 Å². The zero-order valence-electron chi connectivity index (χ0n) is 9.98. The molecule has 2 rings (SSSR count). The third kappa shape index (κ3) is 3.09. The molecule has 0 fully saturated rings. The lowest BCUT2D eigenvalue weighted by molar-refractivity contribution is 0.295. The van der Waals surface area contributed by atoms with E-state index < -0.39 is 0 Å². The summed E-state index contributed by atoms with van der Waals surface area (Å²) in [7, 11) is 0. The number of imidazole rings is 1. The Kier molecular flexibility index (Phi) is 3.84. The summed E-state index contributed by atoms with van der Waals surface area (Å²) in [5.74, 6) is 1.94. The molecule has 0 aliphatic rings. The van der Waals surface area contributed by atoms with Crippen LogP contribution in [0.2, 0.25) is 0 Å². The minimum Gasteiger partial charge on any atom is -0.491 e. The van der Waals surface area contributed by atoms with Gasteiger partial charge in [-0.15, -0.1) is 0 Å². The number of benzene rings is 1. The fraction of sp³-hybridized carbons (Fsp3) is 0.308. The first-order valence-electron chi connectivity index (χ1n) is 5.53. The molecule has 2 aromatic rings. The van der Waals surface area contributed by atoms with Gasteiger partial charge in [-0.2, -0.15) is 0 Å². The van der Waals surface area contributed by atoms with Gasteiger partial charge in [0, 0.05) is 16.9 Å². The van der Waals surface area contributed by atoms with Gasteiger partial charge in [-0.05, 0) is 31.5 Å². The summed E-state index contributed by atoms with van der Waals surface area (Å²) in [5, 5.41) is 0. The highest BCUT2D eigenvalue weighted by Crippen LogP contribution is 2.22. The summed E-state index contributed by atoms with van der Waals surface area (Å²) in [5.41, 5.74) is 1.15. The van der Waals surface area contributed by atoms with Gasteiger partial charge in [0.2, 0.25) is 0 Å². The van der Waals surface area contributed by atoms with Crippen molar-refractivity contribution in [2.24, 2.45) is 0 Å². The Morgan fingerprint density at radius 3 is 2.88 bits per heavy atom. The number of hydrogen-bond donors (Lipinski definition) is 0. The van der Waals surface area contributed by atoms with Crippen molar-refractivity contribution in [3.63, 3.8) is 0 Å². The van der Waals surface area contributed by atoms with Crippen molar-refractivity contribution >= 4 is 15.9 Å². The zero-order valence-corrected chi connectivity index (χ0v) is 11.6. The highest BCUT2D eigenvalue weighted by Gasteiger charge is 2.01. The third-order valence-electron chi connectivity index (χ3n) is 2.66. The minimum absolute atomic E-state index is 0.647. The average molecular weight is 295 g/mol. The van der Waals surface area contributed by atoms with Crippen LogP contribution in [0.1, 0.15) is 11.4 Å². The Labute approximate surface area is 110 Å². The number of hydrogen-bond acceptors (Lipinski definition) is 2. The quantitative estimate of drug-likeness (QED) is 0.865. The van der Waals surface area contributed by atoms with Crippen molar-refractivity contribution in [2.45, 2.75) is 20.4 Å². The lowest BCUT2D eigenvalue weighted by Gasteiger charge is -2.10. The molecule has 1 aromatic heterocycles. The second-order valence-electron chi connectivity index (χ2n) is 3.93. The maximum Gasteiger partial charge on any atom is 0.123 e. The second kappa shape index (κ2) is 5.36. The first-order valence-corrected chi connectivity index (χ1v) is 6.33. The van der Waals surface area contributed by atoms with Crippen molar-refractivity contribution in [1.29, 1.82) is 0 Å². The fourth-order valence-corrected chi connectivity index (χ4v) is 1.96. The molecule has 1 aromatic carbocycles. The molecule has 4 heteroatoms. The van der Waals surface area contributed by atoms with Crippen LogP contribution in [0.15, 0.2) is 35.1 Å². The minimum atomic E-state index is 0.647. The van der Waals surface area contributed by atoms with Crippen molar-refractivity contribution in [2.75, 3.05) is 6.61 Å². The Hall–Kier alpha value is -1.29. The van der Waals surface area contributed by atoms with Crippen LogP contribution in [-0.2, 0) is 6.54 Å². The van der Waals surface area contributed by atoms with Crippen LogP contribution in [-0.4, -0.2) is 16.2 Å². The van der Waals surface area contributed by atoms with E-state index in [0.29, 0.717) is 6.61 Å². The van der Waals surface area contributed by atoms with Crippen molar-refractivity contribution < 1.29 is 4.74 Å². The Balaban J connectivity index is 1.94. The molecule has 0 N–H and O–H groups in total. The maximum atomic E-state index is 5.77. The van der Waals surface area contributed by atoms with E-state index in [4.69, 9.17) is 4.74 Å². The average Bonchev–Trinajstić information content (AvgIpc) is 2.70. The number of rotatable bonds is 4. The summed E-state index contributed by atoms with van der Waals surface area (Å²) >= 11 is 3.44. The van der Waals surface area contributed by atoms with E-state index in [0.717, 1.165) is 28.2 Å². The highest BCUT2D eigenvalue weighted by atomic mass is 79.9. The standard InChI is InChI=1S/C13H15BrN2O/c1-10-3-4-12(14)9-13(10)17-8-7-16-6-5-15-11(16)2/h3-6,9H,7-8H2,1-2H3. The molecule has 0 spiro atoms. The molecule has 17 heavy (non-hydrogen) atoms. The fourth-order valence-electron chi connectivity index (χ4n) is 1.62. The summed E-state index contributed by atoms with van der Waals surface area (Å²) in [6, 6.07) is 6.06. The maximum absolute atomic E-state index is 5.77. The van der Waals surface area contributed by atoms with Crippen molar-refractivity contribution in [3.05, 3.63) is 46.5 Å². The predicted molar refractivity (Wildman–Crippen MR) is 71.3 cm³/mol. The number of halogens is 1.